The standard InChI is InChI=1S/C22H23F2N3O2/c1-3-29-21(28)17-11-12-26(14(17)2)16-8-6-7-15(13-16)20-25-18-9-4-5-10-19(18)27(20)22(23)24/h4-10,13-14,17,22H,3,11-12H2,1-2H3. The van der Waals surface area contributed by atoms with Crippen LogP contribution in [0.5, 0.6) is 0 Å². The number of hydrogen-bond acceptors (Lipinski definition) is 4. The summed E-state index contributed by atoms with van der Waals surface area (Å²) in [5, 5.41) is 0. The molecule has 2 aromatic carbocycles. The minimum Gasteiger partial charge on any atom is -0.466 e. The number of fused-ring (bicyclic) bond motifs is 1. The lowest BCUT2D eigenvalue weighted by Crippen LogP contribution is -2.33. The van der Waals surface area contributed by atoms with Crippen LogP contribution in [-0.4, -0.2) is 34.7 Å². The van der Waals surface area contributed by atoms with E-state index in [0.29, 0.717) is 36.2 Å². The van der Waals surface area contributed by atoms with Gasteiger partial charge >= 0.3 is 12.5 Å². The summed E-state index contributed by atoms with van der Waals surface area (Å²) in [5.74, 6) is -0.140. The summed E-state index contributed by atoms with van der Waals surface area (Å²) in [5.41, 5.74) is 2.44. The number of benzene rings is 2. The average molecular weight is 399 g/mol. The van der Waals surface area contributed by atoms with Crippen LogP contribution in [0.1, 0.15) is 26.8 Å². The largest absolute Gasteiger partial charge is 0.466 e. The second-order valence-electron chi connectivity index (χ2n) is 7.20. The number of carbonyl (C=O) groups excluding carboxylic acids is 1. The number of esters is 1. The van der Waals surface area contributed by atoms with E-state index in [4.69, 9.17) is 4.74 Å². The van der Waals surface area contributed by atoms with Gasteiger partial charge in [0.05, 0.1) is 23.6 Å². The Morgan fingerprint density at radius 1 is 1.24 bits per heavy atom. The van der Waals surface area contributed by atoms with Crippen molar-refractivity contribution in [3.8, 4) is 11.4 Å². The second-order valence-corrected chi connectivity index (χ2v) is 7.20. The predicted octanol–water partition coefficient (Wildman–Crippen LogP) is 4.88. The average Bonchev–Trinajstić information content (AvgIpc) is 3.29. The number of imidazole rings is 1. The van der Waals surface area contributed by atoms with Gasteiger partial charge in [-0.05, 0) is 44.5 Å². The number of para-hydroxylation sites is 2. The maximum absolute atomic E-state index is 13.8. The van der Waals surface area contributed by atoms with Crippen LogP contribution < -0.4 is 4.90 Å². The quantitative estimate of drug-likeness (QED) is 0.574. The molecule has 2 heterocycles. The van der Waals surface area contributed by atoms with Gasteiger partial charge in [0.1, 0.15) is 5.82 Å². The van der Waals surface area contributed by atoms with Crippen molar-refractivity contribution in [2.24, 2.45) is 5.92 Å². The van der Waals surface area contributed by atoms with Crippen LogP contribution in [0.2, 0.25) is 0 Å². The molecule has 0 saturated carbocycles. The summed E-state index contributed by atoms with van der Waals surface area (Å²) < 4.78 is 33.8. The van der Waals surface area contributed by atoms with Crippen LogP contribution in [0.25, 0.3) is 22.4 Å². The Bertz CT molecular complexity index is 1030. The molecule has 2 atom stereocenters. The topological polar surface area (TPSA) is 47.4 Å². The summed E-state index contributed by atoms with van der Waals surface area (Å²) in [6.45, 7) is 2.17. The number of rotatable bonds is 5. The lowest BCUT2D eigenvalue weighted by atomic mass is 10.0. The highest BCUT2D eigenvalue weighted by Gasteiger charge is 2.36. The number of carbonyl (C=O) groups is 1. The van der Waals surface area contributed by atoms with Gasteiger partial charge in [-0.3, -0.25) is 9.36 Å². The fraction of sp³-hybridized carbons (Fsp3) is 0.364. The highest BCUT2D eigenvalue weighted by molar-refractivity contribution is 5.81. The highest BCUT2D eigenvalue weighted by atomic mass is 19.3. The summed E-state index contributed by atoms with van der Waals surface area (Å²) in [4.78, 5) is 18.8. The first-order valence-electron chi connectivity index (χ1n) is 9.80. The van der Waals surface area contributed by atoms with Crippen molar-refractivity contribution in [2.75, 3.05) is 18.1 Å². The van der Waals surface area contributed by atoms with E-state index in [1.165, 1.54) is 0 Å². The first kappa shape index (κ1) is 19.4. The lowest BCUT2D eigenvalue weighted by molar-refractivity contribution is -0.148. The van der Waals surface area contributed by atoms with E-state index in [1.807, 2.05) is 25.1 Å². The molecule has 4 rings (SSSR count). The van der Waals surface area contributed by atoms with E-state index in [-0.39, 0.29) is 23.8 Å². The molecule has 7 heteroatoms. The zero-order valence-corrected chi connectivity index (χ0v) is 16.4. The Kier molecular flexibility index (Phi) is 5.22. The smallest absolute Gasteiger partial charge is 0.320 e. The Balaban J connectivity index is 1.70. The van der Waals surface area contributed by atoms with Crippen LogP contribution in [0, 0.1) is 5.92 Å². The SMILES string of the molecule is CCOC(=O)C1CCN(c2cccc(-c3nc4ccccc4n3C(F)F)c2)C1C. The van der Waals surface area contributed by atoms with Gasteiger partial charge in [-0.15, -0.1) is 0 Å². The Hall–Kier alpha value is -2.96. The number of hydrogen-bond donors (Lipinski definition) is 0. The van der Waals surface area contributed by atoms with E-state index in [2.05, 4.69) is 9.88 Å². The Morgan fingerprint density at radius 3 is 2.79 bits per heavy atom. The fourth-order valence-electron chi connectivity index (χ4n) is 4.14. The van der Waals surface area contributed by atoms with E-state index in [1.54, 1.807) is 37.3 Å². The van der Waals surface area contributed by atoms with Gasteiger partial charge in [0.25, 0.3) is 0 Å². The summed E-state index contributed by atoms with van der Waals surface area (Å²) in [7, 11) is 0. The number of nitrogens with zero attached hydrogens (tertiary/aromatic N) is 3. The third-order valence-electron chi connectivity index (χ3n) is 5.57. The van der Waals surface area contributed by atoms with Crippen LogP contribution in [0.4, 0.5) is 14.5 Å². The molecule has 1 aliphatic heterocycles. The molecular weight excluding hydrogens is 376 g/mol. The normalized spacial score (nSPS) is 19.3. The predicted molar refractivity (Wildman–Crippen MR) is 108 cm³/mol. The van der Waals surface area contributed by atoms with Crippen molar-refractivity contribution in [1.29, 1.82) is 0 Å². The van der Waals surface area contributed by atoms with Crippen molar-refractivity contribution < 1.29 is 18.3 Å². The van der Waals surface area contributed by atoms with Gasteiger partial charge < -0.3 is 9.64 Å². The molecule has 1 fully saturated rings. The zero-order chi connectivity index (χ0) is 20.5. The Morgan fingerprint density at radius 2 is 2.03 bits per heavy atom. The van der Waals surface area contributed by atoms with Gasteiger partial charge in [0.15, 0.2) is 0 Å². The molecule has 5 nitrogen and oxygen atoms in total. The van der Waals surface area contributed by atoms with Crippen LogP contribution in [-0.2, 0) is 9.53 Å². The second kappa shape index (κ2) is 7.81. The van der Waals surface area contributed by atoms with E-state index in [9.17, 15) is 13.6 Å². The molecule has 3 aromatic rings. The first-order chi connectivity index (χ1) is 14.0. The molecule has 0 radical (unpaired) electrons. The highest BCUT2D eigenvalue weighted by Crippen LogP contribution is 2.35. The van der Waals surface area contributed by atoms with Crippen molar-refractivity contribution >= 4 is 22.7 Å². The van der Waals surface area contributed by atoms with Crippen LogP contribution in [0.15, 0.2) is 48.5 Å². The maximum Gasteiger partial charge on any atom is 0.320 e. The molecule has 0 N–H and O–H groups in total. The minimum atomic E-state index is -2.69. The van der Waals surface area contributed by atoms with E-state index in [0.717, 1.165) is 10.3 Å². The number of alkyl halides is 2. The molecule has 0 amide bonds. The fourth-order valence-corrected chi connectivity index (χ4v) is 4.14. The third kappa shape index (κ3) is 3.45. The van der Waals surface area contributed by atoms with Crippen molar-refractivity contribution in [2.45, 2.75) is 32.9 Å². The maximum atomic E-state index is 13.8. The first-order valence-corrected chi connectivity index (χ1v) is 9.80. The van der Waals surface area contributed by atoms with Crippen molar-refractivity contribution in [3.05, 3.63) is 48.5 Å². The number of anilines is 1. The van der Waals surface area contributed by atoms with Crippen LogP contribution in [0.3, 0.4) is 0 Å². The van der Waals surface area contributed by atoms with Gasteiger partial charge in [0, 0.05) is 23.8 Å². The molecule has 1 aromatic heterocycles. The van der Waals surface area contributed by atoms with Crippen molar-refractivity contribution in [1.82, 2.24) is 9.55 Å². The van der Waals surface area contributed by atoms with Gasteiger partial charge in [-0.25, -0.2) is 4.98 Å². The van der Waals surface area contributed by atoms with Gasteiger partial charge in [-0.2, -0.15) is 8.78 Å². The third-order valence-corrected chi connectivity index (χ3v) is 5.57. The molecule has 152 valence electrons. The van der Waals surface area contributed by atoms with Crippen molar-refractivity contribution in [3.63, 3.8) is 0 Å². The van der Waals surface area contributed by atoms with Gasteiger partial charge in [0.2, 0.25) is 0 Å². The van der Waals surface area contributed by atoms with E-state index < -0.39 is 6.55 Å². The molecule has 1 aliphatic rings. The van der Waals surface area contributed by atoms with E-state index >= 15 is 0 Å². The molecule has 0 spiro atoms. The Labute approximate surface area is 167 Å². The summed E-state index contributed by atoms with van der Waals surface area (Å²) >= 11 is 0. The lowest BCUT2D eigenvalue weighted by Gasteiger charge is -2.26. The number of halogens is 2. The van der Waals surface area contributed by atoms with Gasteiger partial charge in [-0.1, -0.05) is 24.3 Å². The summed E-state index contributed by atoms with van der Waals surface area (Å²) in [6.07, 6.45) is 0.708. The molecule has 1 saturated heterocycles. The molecular formula is C22H23F2N3O2. The molecule has 2 unspecified atom stereocenters. The molecule has 0 bridgehead atoms. The molecule has 29 heavy (non-hydrogen) atoms. The zero-order valence-electron chi connectivity index (χ0n) is 16.4. The number of aromatic nitrogens is 2. The number of ether oxygens (including phenoxy) is 1. The molecule has 0 aliphatic carbocycles. The monoisotopic (exact) mass is 399 g/mol. The van der Waals surface area contributed by atoms with Crippen LogP contribution >= 0.6 is 0 Å². The minimum absolute atomic E-state index is 0.0294. The summed E-state index contributed by atoms with van der Waals surface area (Å²) in [6, 6.07) is 14.3.